The summed E-state index contributed by atoms with van der Waals surface area (Å²) >= 11 is 0. The van der Waals surface area contributed by atoms with Crippen LogP contribution >= 0.6 is 0 Å². The molecule has 1 heterocycles. The van der Waals surface area contributed by atoms with Gasteiger partial charge in [-0.1, -0.05) is 19.3 Å². The molecule has 0 unspecified atom stereocenters. The Kier molecular flexibility index (Phi) is 5.74. The van der Waals surface area contributed by atoms with Crippen molar-refractivity contribution in [3.8, 4) is 5.75 Å². The van der Waals surface area contributed by atoms with Crippen LogP contribution in [-0.2, 0) is 19.4 Å². The molecule has 0 spiro atoms. The number of hydrogen-bond acceptors (Lipinski definition) is 5. The Labute approximate surface area is 159 Å². The Balaban J connectivity index is 1.73. The zero-order chi connectivity index (χ0) is 19.6. The van der Waals surface area contributed by atoms with Gasteiger partial charge in [0.2, 0.25) is 5.91 Å². The lowest BCUT2D eigenvalue weighted by Crippen LogP contribution is -2.38. The van der Waals surface area contributed by atoms with Crippen molar-refractivity contribution in [2.75, 3.05) is 11.9 Å². The van der Waals surface area contributed by atoms with Crippen molar-refractivity contribution in [2.45, 2.75) is 68.6 Å². The van der Waals surface area contributed by atoms with Gasteiger partial charge in [-0.3, -0.25) is 9.59 Å². The maximum absolute atomic E-state index is 13.0. The molecular weight excluding hydrogens is 368 g/mol. The van der Waals surface area contributed by atoms with Crippen molar-refractivity contribution in [1.29, 1.82) is 0 Å². The molecule has 1 aliphatic heterocycles. The van der Waals surface area contributed by atoms with Gasteiger partial charge in [0.05, 0.1) is 15.8 Å². The highest BCUT2D eigenvalue weighted by molar-refractivity contribution is 7.92. The molecule has 1 aromatic rings. The largest absolute Gasteiger partial charge is 0.482 e. The summed E-state index contributed by atoms with van der Waals surface area (Å²) in [7, 11) is -3.71. The molecule has 8 heteroatoms. The van der Waals surface area contributed by atoms with E-state index in [2.05, 4.69) is 10.6 Å². The zero-order valence-electron chi connectivity index (χ0n) is 15.7. The Morgan fingerprint density at radius 3 is 2.70 bits per heavy atom. The number of hydrogen-bond donors (Lipinski definition) is 2. The van der Waals surface area contributed by atoms with Gasteiger partial charge in [-0.25, -0.2) is 8.42 Å². The third-order valence-corrected chi connectivity index (χ3v) is 7.47. The molecule has 3 rings (SSSR count). The first-order valence-electron chi connectivity index (χ1n) is 9.38. The van der Waals surface area contributed by atoms with E-state index < -0.39 is 15.1 Å². The summed E-state index contributed by atoms with van der Waals surface area (Å²) in [6.45, 7) is 3.08. The van der Waals surface area contributed by atoms with Gasteiger partial charge in [-0.05, 0) is 38.3 Å². The molecule has 27 heavy (non-hydrogen) atoms. The summed E-state index contributed by atoms with van der Waals surface area (Å²) in [5, 5.41) is 4.78. The molecule has 148 valence electrons. The van der Waals surface area contributed by atoms with Crippen LogP contribution in [0.2, 0.25) is 0 Å². The molecule has 1 aromatic carbocycles. The van der Waals surface area contributed by atoms with Crippen LogP contribution < -0.4 is 15.4 Å². The summed E-state index contributed by atoms with van der Waals surface area (Å²) in [6.07, 6.45) is 5.23. The van der Waals surface area contributed by atoms with Crippen LogP contribution in [0, 0.1) is 6.92 Å². The molecule has 1 aliphatic carbocycles. The summed E-state index contributed by atoms with van der Waals surface area (Å²) in [5.74, 6) is -0.167. The van der Waals surface area contributed by atoms with Gasteiger partial charge in [-0.2, -0.15) is 0 Å². The number of carbonyl (C=O) groups is 2. The molecule has 7 nitrogen and oxygen atoms in total. The zero-order valence-corrected chi connectivity index (χ0v) is 16.5. The quantitative estimate of drug-likeness (QED) is 0.798. The lowest BCUT2D eigenvalue weighted by Gasteiger charge is -2.24. The summed E-state index contributed by atoms with van der Waals surface area (Å²) < 4.78 is 31.3. The van der Waals surface area contributed by atoms with Crippen LogP contribution in [0.1, 0.15) is 51.0 Å². The van der Waals surface area contributed by atoms with Gasteiger partial charge >= 0.3 is 0 Å². The summed E-state index contributed by atoms with van der Waals surface area (Å²) in [6, 6.07) is 3.19. The van der Waals surface area contributed by atoms with Crippen molar-refractivity contribution in [2.24, 2.45) is 0 Å². The van der Waals surface area contributed by atoms with Crippen molar-refractivity contribution in [1.82, 2.24) is 5.32 Å². The number of ether oxygens (including phenoxy) is 1. The average molecular weight is 394 g/mol. The molecule has 1 atom stereocenters. The molecule has 2 N–H and O–H groups in total. The first-order chi connectivity index (χ1) is 12.8. The Morgan fingerprint density at radius 2 is 2.00 bits per heavy atom. The molecule has 1 fully saturated rings. The van der Waals surface area contributed by atoms with Crippen LogP contribution in [0.3, 0.4) is 0 Å². The van der Waals surface area contributed by atoms with Crippen molar-refractivity contribution >= 4 is 27.3 Å². The lowest BCUT2D eigenvalue weighted by atomic mass is 9.95. The smallest absolute Gasteiger partial charge is 0.262 e. The number of sulfone groups is 1. The number of carbonyl (C=O) groups excluding carboxylic acids is 2. The van der Waals surface area contributed by atoms with Gasteiger partial charge in [-0.15, -0.1) is 0 Å². The van der Waals surface area contributed by atoms with Crippen LogP contribution in [0.25, 0.3) is 0 Å². The van der Waals surface area contributed by atoms with E-state index in [1.165, 1.54) is 12.5 Å². The number of fused-ring (bicyclic) bond motifs is 1. The van der Waals surface area contributed by atoms with Gasteiger partial charge in [0, 0.05) is 18.5 Å². The minimum atomic E-state index is -3.71. The minimum absolute atomic E-state index is 0.0764. The van der Waals surface area contributed by atoms with Gasteiger partial charge in [0.25, 0.3) is 5.91 Å². The van der Waals surface area contributed by atoms with E-state index in [0.29, 0.717) is 17.0 Å². The SMILES string of the molecule is Cc1cc2c(cc1S(=O)(=O)[C@@H](C)CC(=O)NC1CCCCC1)OCC(=O)N2. The van der Waals surface area contributed by atoms with Crippen molar-refractivity contribution in [3.05, 3.63) is 17.7 Å². The molecule has 1 saturated carbocycles. The van der Waals surface area contributed by atoms with E-state index in [1.807, 2.05) is 0 Å². The molecule has 2 aliphatic rings. The number of rotatable bonds is 5. The third-order valence-electron chi connectivity index (χ3n) is 5.19. The predicted molar refractivity (Wildman–Crippen MR) is 102 cm³/mol. The topological polar surface area (TPSA) is 102 Å². The average Bonchev–Trinajstić information content (AvgIpc) is 2.61. The summed E-state index contributed by atoms with van der Waals surface area (Å²) in [5.41, 5.74) is 0.976. The van der Waals surface area contributed by atoms with Crippen LogP contribution in [-0.4, -0.2) is 38.1 Å². The van der Waals surface area contributed by atoms with Gasteiger partial charge in [0.1, 0.15) is 5.75 Å². The Hall–Kier alpha value is -2.09. The minimum Gasteiger partial charge on any atom is -0.482 e. The fourth-order valence-electron chi connectivity index (χ4n) is 3.64. The monoisotopic (exact) mass is 394 g/mol. The predicted octanol–water partition coefficient (Wildman–Crippen LogP) is 2.33. The number of anilines is 1. The van der Waals surface area contributed by atoms with E-state index >= 15 is 0 Å². The standard InChI is InChI=1S/C19H26N2O5S/c1-12-8-15-16(26-11-19(23)21-15)10-17(12)27(24,25)13(2)9-18(22)20-14-6-4-3-5-7-14/h8,10,13-14H,3-7,9,11H2,1-2H3,(H,20,22)(H,21,23)/t13-/m0/s1. The molecular formula is C19H26N2O5S. The number of benzene rings is 1. The van der Waals surface area contributed by atoms with Crippen molar-refractivity contribution < 1.29 is 22.7 Å². The van der Waals surface area contributed by atoms with E-state index in [1.54, 1.807) is 19.9 Å². The molecule has 0 aromatic heterocycles. The summed E-state index contributed by atoms with van der Waals surface area (Å²) in [4.78, 5) is 23.9. The molecule has 0 bridgehead atoms. The Bertz CT molecular complexity index is 844. The second-order valence-corrected chi connectivity index (χ2v) is 9.75. The number of amides is 2. The van der Waals surface area contributed by atoms with Crippen LogP contribution in [0.5, 0.6) is 5.75 Å². The first-order valence-corrected chi connectivity index (χ1v) is 10.9. The molecule has 0 radical (unpaired) electrons. The normalized spacial score (nSPS) is 18.8. The second kappa shape index (κ2) is 7.88. The fourth-order valence-corrected chi connectivity index (χ4v) is 5.23. The van der Waals surface area contributed by atoms with Crippen LogP contribution in [0.15, 0.2) is 17.0 Å². The van der Waals surface area contributed by atoms with E-state index in [0.717, 1.165) is 25.7 Å². The van der Waals surface area contributed by atoms with E-state index in [-0.39, 0.29) is 35.8 Å². The number of nitrogens with one attached hydrogen (secondary N) is 2. The number of aryl methyl sites for hydroxylation is 1. The van der Waals surface area contributed by atoms with Crippen molar-refractivity contribution in [3.63, 3.8) is 0 Å². The molecule has 2 amide bonds. The van der Waals surface area contributed by atoms with Gasteiger partial charge < -0.3 is 15.4 Å². The first kappa shape index (κ1) is 19.7. The van der Waals surface area contributed by atoms with E-state index in [9.17, 15) is 18.0 Å². The van der Waals surface area contributed by atoms with Crippen LogP contribution in [0.4, 0.5) is 5.69 Å². The highest BCUT2D eigenvalue weighted by Gasteiger charge is 2.30. The Morgan fingerprint density at radius 1 is 1.30 bits per heavy atom. The fraction of sp³-hybridized carbons (Fsp3) is 0.579. The maximum Gasteiger partial charge on any atom is 0.262 e. The lowest BCUT2D eigenvalue weighted by molar-refractivity contribution is -0.122. The van der Waals surface area contributed by atoms with Gasteiger partial charge in [0.15, 0.2) is 16.4 Å². The third kappa shape index (κ3) is 4.43. The maximum atomic E-state index is 13.0. The molecule has 0 saturated heterocycles. The van der Waals surface area contributed by atoms with E-state index in [4.69, 9.17) is 4.74 Å². The second-order valence-electron chi connectivity index (χ2n) is 7.41. The highest BCUT2D eigenvalue weighted by atomic mass is 32.2. The highest BCUT2D eigenvalue weighted by Crippen LogP contribution is 2.34.